The summed E-state index contributed by atoms with van der Waals surface area (Å²) >= 11 is 0. The fraction of sp³-hybridized carbons (Fsp3) is 0.0909. The lowest BCUT2D eigenvalue weighted by atomic mass is 9.77. The van der Waals surface area contributed by atoms with Gasteiger partial charge < -0.3 is 9.13 Å². The molecule has 0 N–H and O–H groups in total. The van der Waals surface area contributed by atoms with Crippen molar-refractivity contribution in [3.05, 3.63) is 211 Å². The summed E-state index contributed by atoms with van der Waals surface area (Å²) in [5, 5.41) is 3.86. The van der Waals surface area contributed by atoms with E-state index in [1.165, 1.54) is 88.6 Å². The van der Waals surface area contributed by atoms with E-state index < -0.39 is 0 Å². The third-order valence-electron chi connectivity index (χ3n) is 12.4. The first kappa shape index (κ1) is 33.4. The molecule has 2 aliphatic rings. The number of hydrogen-bond acceptors (Lipinski definition) is 0. The number of para-hydroxylation sites is 1. The van der Waals surface area contributed by atoms with Gasteiger partial charge in [-0.1, -0.05) is 146 Å². The molecule has 0 saturated heterocycles. The molecule has 57 heavy (non-hydrogen) atoms. The molecule has 2 aliphatic carbocycles. The Labute approximate surface area is 334 Å². The first-order chi connectivity index (χ1) is 28.1. The third-order valence-corrected chi connectivity index (χ3v) is 12.4. The molecule has 0 radical (unpaired) electrons. The average Bonchev–Trinajstić information content (AvgIpc) is 3.79. The smallest absolute Gasteiger partial charge is 0.0547 e. The molecule has 2 aromatic heterocycles. The van der Waals surface area contributed by atoms with Crippen LogP contribution < -0.4 is 0 Å². The third kappa shape index (κ3) is 5.63. The molecule has 1 atom stereocenters. The Bertz CT molecular complexity index is 3020. The molecule has 0 saturated carbocycles. The molecular weight excluding hydrogens is 689 g/mol. The van der Waals surface area contributed by atoms with E-state index in [0.29, 0.717) is 0 Å². The minimum Gasteiger partial charge on any atom is -0.310 e. The molecule has 0 aliphatic heterocycles. The minimum absolute atomic E-state index is 0.0297. The Kier molecular flexibility index (Phi) is 7.86. The van der Waals surface area contributed by atoms with E-state index in [2.05, 4.69) is 216 Å². The monoisotopic (exact) mass is 730 g/mol. The van der Waals surface area contributed by atoms with Gasteiger partial charge in [-0.2, -0.15) is 0 Å². The largest absolute Gasteiger partial charge is 0.310 e. The van der Waals surface area contributed by atoms with Gasteiger partial charge >= 0.3 is 0 Å². The van der Waals surface area contributed by atoms with Crippen LogP contribution in [0.4, 0.5) is 0 Å². The summed E-state index contributed by atoms with van der Waals surface area (Å²) in [5.74, 6) is 0. The molecule has 11 rings (SSSR count). The van der Waals surface area contributed by atoms with Gasteiger partial charge in [-0.15, -0.1) is 0 Å². The summed E-state index contributed by atoms with van der Waals surface area (Å²) in [6.45, 7) is 2.33. The van der Waals surface area contributed by atoms with Crippen molar-refractivity contribution >= 4 is 38.8 Å². The number of aryl methyl sites for hydroxylation is 1. The van der Waals surface area contributed by atoms with Gasteiger partial charge in [0.1, 0.15) is 0 Å². The first-order valence-corrected chi connectivity index (χ1v) is 20.2. The highest BCUT2D eigenvalue weighted by Crippen LogP contribution is 2.41. The van der Waals surface area contributed by atoms with Crippen molar-refractivity contribution < 1.29 is 0 Å². The predicted octanol–water partition coefficient (Wildman–Crippen LogP) is 14.5. The van der Waals surface area contributed by atoms with Crippen LogP contribution in [0.3, 0.4) is 0 Å². The van der Waals surface area contributed by atoms with E-state index in [1.807, 2.05) is 0 Å². The maximum absolute atomic E-state index is 2.47. The Morgan fingerprint density at radius 2 is 1.12 bits per heavy atom. The molecule has 2 nitrogen and oxygen atoms in total. The summed E-state index contributed by atoms with van der Waals surface area (Å²) in [5.41, 5.74) is 17.4. The fourth-order valence-electron chi connectivity index (χ4n) is 9.39. The SMILES string of the molecule is CC1(c2ccc(-n3c4c(c5cc(-c6ccc7c8ccccc8n(-c8cc(-c9ccccc9)cc(-c9ccccc9)c8)c7c6)ccc53)CCC=C4)cc2)C=CC=CC1. The minimum atomic E-state index is 0.0297. The highest BCUT2D eigenvalue weighted by molar-refractivity contribution is 6.10. The average molecular weight is 731 g/mol. The van der Waals surface area contributed by atoms with Gasteiger partial charge in [0.2, 0.25) is 0 Å². The Morgan fingerprint density at radius 3 is 1.86 bits per heavy atom. The highest BCUT2D eigenvalue weighted by Gasteiger charge is 2.25. The van der Waals surface area contributed by atoms with Gasteiger partial charge in [0.25, 0.3) is 0 Å². The molecule has 0 spiro atoms. The number of hydrogen-bond donors (Lipinski definition) is 0. The van der Waals surface area contributed by atoms with Gasteiger partial charge in [-0.3, -0.25) is 0 Å². The lowest BCUT2D eigenvalue weighted by Crippen LogP contribution is -2.19. The van der Waals surface area contributed by atoms with Crippen molar-refractivity contribution in [2.45, 2.75) is 31.6 Å². The van der Waals surface area contributed by atoms with E-state index in [4.69, 9.17) is 0 Å². The van der Waals surface area contributed by atoms with Crippen LogP contribution in [0.5, 0.6) is 0 Å². The van der Waals surface area contributed by atoms with Crippen LogP contribution in [0, 0.1) is 0 Å². The standard InChI is InChI=1S/C55H42N2/c1-55(31-13-4-14-32-55)44-25-27-45(28-26-44)56-52-22-12-10-20-48(52)50-36-40(24-30-53(50)56)41-23-29-49-47-19-9-11-21-51(47)57(54(49)37-41)46-34-42(38-15-5-2-6-16-38)33-43(35-46)39-17-7-3-8-18-39/h2-9,11-19,21-31,33-37H,10,20,32H2,1H3. The van der Waals surface area contributed by atoms with E-state index >= 15 is 0 Å². The van der Waals surface area contributed by atoms with Crippen LogP contribution in [0.25, 0.3) is 83.5 Å². The zero-order valence-electron chi connectivity index (χ0n) is 32.1. The molecule has 7 aromatic carbocycles. The Hall–Kier alpha value is -6.90. The lowest BCUT2D eigenvalue weighted by molar-refractivity contribution is 0.599. The predicted molar refractivity (Wildman–Crippen MR) is 242 cm³/mol. The number of aromatic nitrogens is 2. The van der Waals surface area contributed by atoms with Gasteiger partial charge in [0.15, 0.2) is 0 Å². The van der Waals surface area contributed by atoms with Crippen LogP contribution in [0.1, 0.15) is 36.6 Å². The van der Waals surface area contributed by atoms with E-state index in [-0.39, 0.29) is 5.41 Å². The van der Waals surface area contributed by atoms with Crippen molar-refractivity contribution in [1.29, 1.82) is 0 Å². The van der Waals surface area contributed by atoms with Crippen molar-refractivity contribution in [3.63, 3.8) is 0 Å². The summed E-state index contributed by atoms with van der Waals surface area (Å²) < 4.78 is 4.94. The highest BCUT2D eigenvalue weighted by atomic mass is 15.0. The molecule has 0 fully saturated rings. The second-order valence-corrected chi connectivity index (χ2v) is 15.9. The number of nitrogens with zero attached hydrogens (tertiary/aromatic N) is 2. The fourth-order valence-corrected chi connectivity index (χ4v) is 9.39. The van der Waals surface area contributed by atoms with Gasteiger partial charge in [-0.05, 0) is 124 Å². The Morgan fingerprint density at radius 1 is 0.456 bits per heavy atom. The molecular formula is C55H42N2. The topological polar surface area (TPSA) is 9.86 Å². The lowest BCUT2D eigenvalue weighted by Gasteiger charge is -2.27. The molecule has 1 unspecified atom stereocenters. The zero-order chi connectivity index (χ0) is 37.9. The zero-order valence-corrected chi connectivity index (χ0v) is 32.1. The molecule has 2 heteroatoms. The number of rotatable bonds is 6. The molecule has 0 bridgehead atoms. The maximum atomic E-state index is 2.47. The quantitative estimate of drug-likeness (QED) is 0.161. The van der Waals surface area contributed by atoms with Crippen molar-refractivity contribution in [2.24, 2.45) is 0 Å². The van der Waals surface area contributed by atoms with Crippen molar-refractivity contribution in [1.82, 2.24) is 9.13 Å². The molecule has 0 amide bonds. The normalized spacial score (nSPS) is 16.2. The molecule has 2 heterocycles. The Balaban J connectivity index is 1.07. The van der Waals surface area contributed by atoms with Gasteiger partial charge in [0, 0.05) is 38.6 Å². The van der Waals surface area contributed by atoms with Crippen molar-refractivity contribution in [2.75, 3.05) is 0 Å². The molecule has 272 valence electrons. The maximum Gasteiger partial charge on any atom is 0.0547 e. The van der Waals surface area contributed by atoms with Crippen LogP contribution in [0.2, 0.25) is 0 Å². The van der Waals surface area contributed by atoms with E-state index in [9.17, 15) is 0 Å². The summed E-state index contributed by atoms with van der Waals surface area (Å²) in [6.07, 6.45) is 16.7. The van der Waals surface area contributed by atoms with Crippen LogP contribution in [0.15, 0.2) is 194 Å². The van der Waals surface area contributed by atoms with E-state index in [0.717, 1.165) is 24.9 Å². The van der Waals surface area contributed by atoms with Crippen LogP contribution in [-0.2, 0) is 11.8 Å². The summed E-state index contributed by atoms with van der Waals surface area (Å²) in [7, 11) is 0. The number of fused-ring (bicyclic) bond motifs is 6. The first-order valence-electron chi connectivity index (χ1n) is 20.2. The molecule has 9 aromatic rings. The second kappa shape index (κ2) is 13.4. The van der Waals surface area contributed by atoms with Crippen molar-refractivity contribution in [3.8, 4) is 44.8 Å². The van der Waals surface area contributed by atoms with Gasteiger partial charge in [-0.25, -0.2) is 0 Å². The number of benzene rings is 7. The number of allylic oxidation sites excluding steroid dienone is 5. The second-order valence-electron chi connectivity index (χ2n) is 15.9. The van der Waals surface area contributed by atoms with Crippen LogP contribution in [-0.4, -0.2) is 9.13 Å². The summed E-state index contributed by atoms with van der Waals surface area (Å²) in [6, 6.07) is 60.8. The van der Waals surface area contributed by atoms with E-state index in [1.54, 1.807) is 0 Å². The summed E-state index contributed by atoms with van der Waals surface area (Å²) in [4.78, 5) is 0. The van der Waals surface area contributed by atoms with Crippen LogP contribution >= 0.6 is 0 Å². The van der Waals surface area contributed by atoms with Gasteiger partial charge in [0.05, 0.1) is 16.6 Å².